The van der Waals surface area contributed by atoms with Crippen molar-refractivity contribution in [3.8, 4) is 0 Å². The Balaban J connectivity index is 2.21. The van der Waals surface area contributed by atoms with Gasteiger partial charge in [-0.15, -0.1) is 5.10 Å². The molecule has 1 saturated carbocycles. The second-order valence-electron chi connectivity index (χ2n) is 6.54. The normalized spacial score (nSPS) is 23.6. The number of aliphatic hydroxyl groups excluding tert-OH is 1. The minimum absolute atomic E-state index is 0.0733. The fourth-order valence-electron chi connectivity index (χ4n) is 2.68. The van der Waals surface area contributed by atoms with Crippen LogP contribution in [0.15, 0.2) is 0 Å². The number of hydrogen-bond acceptors (Lipinski definition) is 5. The molecule has 6 heteroatoms. The Kier molecular flexibility index (Phi) is 4.44. The van der Waals surface area contributed by atoms with E-state index in [1.54, 1.807) is 11.9 Å². The Labute approximate surface area is 124 Å². The molecule has 0 spiro atoms. The van der Waals surface area contributed by atoms with E-state index in [2.05, 4.69) is 9.59 Å². The lowest BCUT2D eigenvalue weighted by Crippen LogP contribution is -2.46. The molecule has 0 saturated heterocycles. The second kappa shape index (κ2) is 5.77. The fourth-order valence-corrected chi connectivity index (χ4v) is 3.54. The molecule has 112 valence electrons. The van der Waals surface area contributed by atoms with E-state index >= 15 is 0 Å². The highest BCUT2D eigenvalue weighted by atomic mass is 32.1. The number of hydrogen-bond donors (Lipinski definition) is 1. The fraction of sp³-hybridized carbons (Fsp3) is 0.786. The van der Waals surface area contributed by atoms with Gasteiger partial charge >= 0.3 is 0 Å². The zero-order valence-electron chi connectivity index (χ0n) is 12.6. The van der Waals surface area contributed by atoms with Gasteiger partial charge in [0.1, 0.15) is 4.88 Å². The summed E-state index contributed by atoms with van der Waals surface area (Å²) in [6, 6.07) is -0.0915. The molecule has 2 unspecified atom stereocenters. The first-order chi connectivity index (χ1) is 9.32. The lowest BCUT2D eigenvalue weighted by molar-refractivity contribution is 0.0269. The number of nitrogens with zero attached hydrogens (tertiary/aromatic N) is 3. The molecule has 1 aromatic heterocycles. The van der Waals surface area contributed by atoms with E-state index < -0.39 is 6.10 Å². The molecule has 0 bridgehead atoms. The molecule has 20 heavy (non-hydrogen) atoms. The van der Waals surface area contributed by atoms with Crippen LogP contribution < -0.4 is 0 Å². The standard InChI is InChI=1S/C14H23N3O2S/c1-14(2,3)12-11(20-16-15-12)13(19)17(4)9-7-5-6-8-10(9)18/h9-10,18H,5-8H2,1-4H3. The van der Waals surface area contributed by atoms with Crippen molar-refractivity contribution >= 4 is 17.4 Å². The predicted molar refractivity (Wildman–Crippen MR) is 79.0 cm³/mol. The lowest BCUT2D eigenvalue weighted by atomic mass is 9.90. The summed E-state index contributed by atoms with van der Waals surface area (Å²) >= 11 is 1.14. The summed E-state index contributed by atoms with van der Waals surface area (Å²) in [6.45, 7) is 6.07. The van der Waals surface area contributed by atoms with Gasteiger partial charge in [-0.05, 0) is 24.4 Å². The highest BCUT2D eigenvalue weighted by Crippen LogP contribution is 2.29. The highest BCUT2D eigenvalue weighted by Gasteiger charge is 2.33. The van der Waals surface area contributed by atoms with E-state index in [1.807, 2.05) is 20.8 Å². The number of carbonyl (C=O) groups excluding carboxylic acids is 1. The molecule has 1 aliphatic rings. The molecule has 1 amide bonds. The SMILES string of the molecule is CN(C(=O)c1snnc1C(C)(C)C)C1CCCCC1O. The number of aromatic nitrogens is 2. The molecular formula is C14H23N3O2S. The maximum absolute atomic E-state index is 12.7. The molecule has 2 atom stereocenters. The predicted octanol–water partition coefficient (Wildman–Crippen LogP) is 2.21. The van der Waals surface area contributed by atoms with Crippen LogP contribution in [0.4, 0.5) is 0 Å². The third kappa shape index (κ3) is 3.01. The van der Waals surface area contributed by atoms with Crippen molar-refractivity contribution in [1.82, 2.24) is 14.5 Å². The van der Waals surface area contributed by atoms with Crippen molar-refractivity contribution in [2.45, 2.75) is 64.0 Å². The molecule has 0 aromatic carbocycles. The van der Waals surface area contributed by atoms with Gasteiger partial charge in [-0.3, -0.25) is 4.79 Å². The minimum Gasteiger partial charge on any atom is -0.391 e. The van der Waals surface area contributed by atoms with E-state index in [1.165, 1.54) is 0 Å². The van der Waals surface area contributed by atoms with Crippen molar-refractivity contribution < 1.29 is 9.90 Å². The molecule has 2 rings (SSSR count). The van der Waals surface area contributed by atoms with Crippen LogP contribution in [0.2, 0.25) is 0 Å². The number of carbonyl (C=O) groups is 1. The molecule has 0 radical (unpaired) electrons. The van der Waals surface area contributed by atoms with E-state index in [9.17, 15) is 9.90 Å². The monoisotopic (exact) mass is 297 g/mol. The van der Waals surface area contributed by atoms with Crippen molar-refractivity contribution in [1.29, 1.82) is 0 Å². The Hall–Kier alpha value is -1.01. The van der Waals surface area contributed by atoms with Gasteiger partial charge in [0.25, 0.3) is 5.91 Å². The molecule has 0 aliphatic heterocycles. The maximum atomic E-state index is 12.7. The first-order valence-corrected chi connectivity index (χ1v) is 7.87. The first kappa shape index (κ1) is 15.4. The van der Waals surface area contributed by atoms with Crippen molar-refractivity contribution in [2.24, 2.45) is 0 Å². The summed E-state index contributed by atoms with van der Waals surface area (Å²) < 4.78 is 3.94. The molecular weight excluding hydrogens is 274 g/mol. The van der Waals surface area contributed by atoms with Gasteiger partial charge in [-0.25, -0.2) is 0 Å². The van der Waals surface area contributed by atoms with E-state index in [0.717, 1.165) is 42.9 Å². The molecule has 1 heterocycles. The Morgan fingerprint density at radius 3 is 2.60 bits per heavy atom. The van der Waals surface area contributed by atoms with E-state index in [-0.39, 0.29) is 17.4 Å². The first-order valence-electron chi connectivity index (χ1n) is 7.10. The van der Waals surface area contributed by atoms with Crippen molar-refractivity contribution in [3.05, 3.63) is 10.6 Å². The van der Waals surface area contributed by atoms with Gasteiger partial charge in [-0.1, -0.05) is 38.1 Å². The zero-order chi connectivity index (χ0) is 14.9. The number of aliphatic hydroxyl groups is 1. The zero-order valence-corrected chi connectivity index (χ0v) is 13.4. The van der Waals surface area contributed by atoms with Crippen LogP contribution in [0, 0.1) is 0 Å². The Bertz CT molecular complexity index is 481. The van der Waals surface area contributed by atoms with E-state index in [0.29, 0.717) is 4.88 Å². The third-order valence-electron chi connectivity index (χ3n) is 3.90. The van der Waals surface area contributed by atoms with Gasteiger partial charge in [0.2, 0.25) is 0 Å². The Morgan fingerprint density at radius 2 is 2.00 bits per heavy atom. The van der Waals surface area contributed by atoms with Crippen molar-refractivity contribution in [2.75, 3.05) is 7.05 Å². The largest absolute Gasteiger partial charge is 0.391 e. The smallest absolute Gasteiger partial charge is 0.267 e. The topological polar surface area (TPSA) is 66.3 Å². The van der Waals surface area contributed by atoms with Gasteiger partial charge < -0.3 is 10.0 Å². The van der Waals surface area contributed by atoms with Crippen LogP contribution in [-0.4, -0.2) is 44.7 Å². The van der Waals surface area contributed by atoms with Crippen LogP contribution in [0.25, 0.3) is 0 Å². The number of rotatable bonds is 2. The van der Waals surface area contributed by atoms with Crippen LogP contribution in [-0.2, 0) is 5.41 Å². The molecule has 1 aliphatic carbocycles. The van der Waals surface area contributed by atoms with Gasteiger partial charge in [-0.2, -0.15) is 0 Å². The minimum atomic E-state index is -0.420. The van der Waals surface area contributed by atoms with E-state index in [4.69, 9.17) is 0 Å². The van der Waals surface area contributed by atoms with Crippen LogP contribution in [0.3, 0.4) is 0 Å². The van der Waals surface area contributed by atoms with Crippen LogP contribution in [0.1, 0.15) is 61.8 Å². The summed E-state index contributed by atoms with van der Waals surface area (Å²) in [5, 5.41) is 14.2. The second-order valence-corrected chi connectivity index (χ2v) is 7.29. The van der Waals surface area contributed by atoms with Gasteiger partial charge in [0.05, 0.1) is 17.8 Å². The Morgan fingerprint density at radius 1 is 1.35 bits per heavy atom. The summed E-state index contributed by atoms with van der Waals surface area (Å²) in [5.41, 5.74) is 0.536. The van der Waals surface area contributed by atoms with Crippen LogP contribution >= 0.6 is 11.5 Å². The summed E-state index contributed by atoms with van der Waals surface area (Å²) in [5.74, 6) is -0.0733. The third-order valence-corrected chi connectivity index (χ3v) is 4.62. The summed E-state index contributed by atoms with van der Waals surface area (Å²) in [7, 11) is 1.77. The molecule has 5 nitrogen and oxygen atoms in total. The van der Waals surface area contributed by atoms with Crippen LogP contribution in [0.5, 0.6) is 0 Å². The van der Waals surface area contributed by atoms with Gasteiger partial charge in [0.15, 0.2) is 0 Å². The lowest BCUT2D eigenvalue weighted by Gasteiger charge is -2.35. The molecule has 1 N–H and O–H groups in total. The maximum Gasteiger partial charge on any atom is 0.267 e. The number of amides is 1. The van der Waals surface area contributed by atoms with Gasteiger partial charge in [0, 0.05) is 12.5 Å². The summed E-state index contributed by atoms with van der Waals surface area (Å²) in [4.78, 5) is 14.9. The molecule has 1 aromatic rings. The summed E-state index contributed by atoms with van der Waals surface area (Å²) in [6.07, 6.45) is 3.31. The average Bonchev–Trinajstić information content (AvgIpc) is 2.86. The number of likely N-dealkylation sites (N-methyl/N-ethyl adjacent to an activating group) is 1. The quantitative estimate of drug-likeness (QED) is 0.909. The molecule has 1 fully saturated rings. The van der Waals surface area contributed by atoms with Crippen molar-refractivity contribution in [3.63, 3.8) is 0 Å². The highest BCUT2D eigenvalue weighted by molar-refractivity contribution is 7.08. The average molecular weight is 297 g/mol.